The van der Waals surface area contributed by atoms with Crippen molar-refractivity contribution in [2.24, 2.45) is 0 Å². The van der Waals surface area contributed by atoms with E-state index in [2.05, 4.69) is 29.6 Å². The van der Waals surface area contributed by atoms with Crippen LogP contribution in [0.2, 0.25) is 0 Å². The fourth-order valence-corrected chi connectivity index (χ4v) is 2.13. The van der Waals surface area contributed by atoms with E-state index in [-0.39, 0.29) is 6.10 Å². The Bertz CT molecular complexity index is 347. The van der Waals surface area contributed by atoms with Gasteiger partial charge in [-0.05, 0) is 25.0 Å². The number of benzene rings is 1. The highest BCUT2D eigenvalue weighted by Crippen LogP contribution is 2.20. The van der Waals surface area contributed by atoms with E-state index >= 15 is 0 Å². The predicted octanol–water partition coefficient (Wildman–Crippen LogP) is 1.66. The Morgan fingerprint density at radius 1 is 1.35 bits per heavy atom. The summed E-state index contributed by atoms with van der Waals surface area (Å²) in [6.07, 6.45) is 0.844. The van der Waals surface area contributed by atoms with Gasteiger partial charge in [0, 0.05) is 19.5 Å². The van der Waals surface area contributed by atoms with Gasteiger partial charge in [-0.2, -0.15) is 0 Å². The maximum absolute atomic E-state index is 9.75. The number of nitrogens with one attached hydrogen (secondary N) is 1. The zero-order valence-corrected chi connectivity index (χ0v) is 10.6. The van der Waals surface area contributed by atoms with E-state index in [1.165, 1.54) is 5.56 Å². The van der Waals surface area contributed by atoms with Crippen molar-refractivity contribution < 1.29 is 9.84 Å². The molecule has 2 rings (SSSR count). The van der Waals surface area contributed by atoms with Crippen LogP contribution in [-0.4, -0.2) is 30.4 Å². The Morgan fingerprint density at radius 3 is 2.59 bits per heavy atom. The van der Waals surface area contributed by atoms with Crippen molar-refractivity contribution in [1.82, 2.24) is 5.32 Å². The highest BCUT2D eigenvalue weighted by Gasteiger charge is 2.16. The summed E-state index contributed by atoms with van der Waals surface area (Å²) in [4.78, 5) is 0. The van der Waals surface area contributed by atoms with Crippen LogP contribution < -0.4 is 5.32 Å². The van der Waals surface area contributed by atoms with Gasteiger partial charge < -0.3 is 15.2 Å². The summed E-state index contributed by atoms with van der Waals surface area (Å²) in [6.45, 7) is 6.25. The minimum atomic E-state index is -0.648. The van der Waals surface area contributed by atoms with E-state index in [4.69, 9.17) is 4.74 Å². The number of rotatable bonds is 3. The molecule has 2 N–H and O–H groups in total. The van der Waals surface area contributed by atoms with Crippen molar-refractivity contribution in [3.63, 3.8) is 0 Å². The minimum absolute atomic E-state index is 0.167. The molecule has 0 saturated carbocycles. The molecule has 0 aromatic heterocycles. The highest BCUT2D eigenvalue weighted by molar-refractivity contribution is 5.25. The second-order valence-corrected chi connectivity index (χ2v) is 5.29. The third-order valence-corrected chi connectivity index (χ3v) is 2.92. The fraction of sp³-hybridized carbons (Fsp3) is 0.571. The van der Waals surface area contributed by atoms with E-state index in [0.29, 0.717) is 6.42 Å². The van der Waals surface area contributed by atoms with Gasteiger partial charge in [0.15, 0.2) is 0 Å². The van der Waals surface area contributed by atoms with Crippen molar-refractivity contribution in [3.8, 4) is 0 Å². The van der Waals surface area contributed by atoms with Crippen LogP contribution >= 0.6 is 0 Å². The summed E-state index contributed by atoms with van der Waals surface area (Å²) in [7, 11) is 0. The summed E-state index contributed by atoms with van der Waals surface area (Å²) in [5.41, 5.74) is 1.71. The predicted molar refractivity (Wildman–Crippen MR) is 68.0 cm³/mol. The van der Waals surface area contributed by atoms with Crippen molar-refractivity contribution >= 4 is 0 Å². The summed E-state index contributed by atoms with van der Waals surface area (Å²) < 4.78 is 5.69. The Morgan fingerprint density at radius 2 is 2.06 bits per heavy atom. The van der Waals surface area contributed by atoms with Gasteiger partial charge >= 0.3 is 0 Å². The molecule has 1 unspecified atom stereocenters. The van der Waals surface area contributed by atoms with Crippen LogP contribution in [0.3, 0.4) is 0 Å². The number of hydrogen-bond donors (Lipinski definition) is 2. The Balaban J connectivity index is 2.02. The van der Waals surface area contributed by atoms with E-state index in [9.17, 15) is 5.11 Å². The maximum atomic E-state index is 9.75. The SMILES string of the molecule is CC(C)(O)Cc1ccc(C2CNCCO2)cc1. The molecule has 1 aromatic rings. The smallest absolute Gasteiger partial charge is 0.0949 e. The first-order valence-corrected chi connectivity index (χ1v) is 6.18. The summed E-state index contributed by atoms with van der Waals surface area (Å²) in [5, 5.41) is 13.1. The van der Waals surface area contributed by atoms with Gasteiger partial charge in [-0.15, -0.1) is 0 Å². The average molecular weight is 235 g/mol. The van der Waals surface area contributed by atoms with Crippen LogP contribution in [0.25, 0.3) is 0 Å². The molecule has 0 radical (unpaired) electrons. The van der Waals surface area contributed by atoms with Gasteiger partial charge in [-0.1, -0.05) is 24.3 Å². The zero-order valence-electron chi connectivity index (χ0n) is 10.6. The minimum Gasteiger partial charge on any atom is -0.390 e. The normalized spacial score (nSPS) is 21.5. The average Bonchev–Trinajstić information content (AvgIpc) is 2.29. The van der Waals surface area contributed by atoms with Gasteiger partial charge in [0.25, 0.3) is 0 Å². The van der Waals surface area contributed by atoms with Crippen molar-refractivity contribution in [2.75, 3.05) is 19.7 Å². The van der Waals surface area contributed by atoms with E-state index in [1.54, 1.807) is 0 Å². The van der Waals surface area contributed by atoms with Crippen molar-refractivity contribution in [2.45, 2.75) is 32.0 Å². The topological polar surface area (TPSA) is 41.5 Å². The lowest BCUT2D eigenvalue weighted by atomic mass is 9.97. The molecular formula is C14H21NO2. The Labute approximate surface area is 103 Å². The number of morpholine rings is 1. The lowest BCUT2D eigenvalue weighted by Crippen LogP contribution is -2.33. The van der Waals surface area contributed by atoms with Crippen LogP contribution in [0, 0.1) is 0 Å². The molecule has 1 atom stereocenters. The van der Waals surface area contributed by atoms with Gasteiger partial charge in [0.2, 0.25) is 0 Å². The molecule has 0 spiro atoms. The number of ether oxygens (including phenoxy) is 1. The molecule has 17 heavy (non-hydrogen) atoms. The van der Waals surface area contributed by atoms with Crippen LogP contribution in [0.5, 0.6) is 0 Å². The standard InChI is InChI=1S/C14H21NO2/c1-14(2,16)9-11-3-5-12(6-4-11)13-10-15-7-8-17-13/h3-6,13,15-16H,7-10H2,1-2H3. The van der Waals surface area contributed by atoms with Crippen LogP contribution in [-0.2, 0) is 11.2 Å². The Kier molecular flexibility index (Phi) is 3.82. The first kappa shape index (κ1) is 12.6. The molecule has 1 saturated heterocycles. The lowest BCUT2D eigenvalue weighted by Gasteiger charge is -2.24. The van der Waals surface area contributed by atoms with E-state index in [1.807, 2.05) is 13.8 Å². The largest absolute Gasteiger partial charge is 0.390 e. The molecule has 0 amide bonds. The molecule has 1 aliphatic rings. The third kappa shape index (κ3) is 3.80. The van der Waals surface area contributed by atoms with Crippen molar-refractivity contribution in [1.29, 1.82) is 0 Å². The highest BCUT2D eigenvalue weighted by atomic mass is 16.5. The molecule has 3 heteroatoms. The van der Waals surface area contributed by atoms with Gasteiger partial charge in [-0.3, -0.25) is 0 Å². The zero-order chi connectivity index (χ0) is 12.3. The summed E-state index contributed by atoms with van der Waals surface area (Å²) >= 11 is 0. The molecule has 1 aromatic carbocycles. The quantitative estimate of drug-likeness (QED) is 0.837. The van der Waals surface area contributed by atoms with E-state index in [0.717, 1.165) is 25.3 Å². The molecule has 0 aliphatic carbocycles. The first-order valence-electron chi connectivity index (χ1n) is 6.18. The number of hydrogen-bond acceptors (Lipinski definition) is 3. The third-order valence-electron chi connectivity index (χ3n) is 2.92. The van der Waals surface area contributed by atoms with E-state index < -0.39 is 5.60 Å². The molecule has 94 valence electrons. The van der Waals surface area contributed by atoms with Gasteiger partial charge in [0.1, 0.15) is 0 Å². The molecule has 3 nitrogen and oxygen atoms in total. The second kappa shape index (κ2) is 5.17. The number of aliphatic hydroxyl groups is 1. The molecule has 1 aliphatic heterocycles. The van der Waals surface area contributed by atoms with Crippen LogP contribution in [0.1, 0.15) is 31.1 Å². The van der Waals surface area contributed by atoms with Gasteiger partial charge in [0.05, 0.1) is 18.3 Å². The molecular weight excluding hydrogens is 214 g/mol. The summed E-state index contributed by atoms with van der Waals surface area (Å²) in [6, 6.07) is 8.34. The molecule has 1 heterocycles. The Hall–Kier alpha value is -0.900. The first-order chi connectivity index (χ1) is 8.04. The van der Waals surface area contributed by atoms with Crippen LogP contribution in [0.15, 0.2) is 24.3 Å². The van der Waals surface area contributed by atoms with Gasteiger partial charge in [-0.25, -0.2) is 0 Å². The monoisotopic (exact) mass is 235 g/mol. The molecule has 1 fully saturated rings. The lowest BCUT2D eigenvalue weighted by molar-refractivity contribution is 0.0277. The maximum Gasteiger partial charge on any atom is 0.0949 e. The van der Waals surface area contributed by atoms with Crippen LogP contribution in [0.4, 0.5) is 0 Å². The second-order valence-electron chi connectivity index (χ2n) is 5.29. The summed E-state index contributed by atoms with van der Waals surface area (Å²) in [5.74, 6) is 0. The molecule has 0 bridgehead atoms. The van der Waals surface area contributed by atoms with Crippen molar-refractivity contribution in [3.05, 3.63) is 35.4 Å². The fourth-order valence-electron chi connectivity index (χ4n) is 2.13.